The number of hydrogen-bond donors (Lipinski definition) is 3. The summed E-state index contributed by atoms with van der Waals surface area (Å²) < 4.78 is 0. The van der Waals surface area contributed by atoms with Crippen molar-refractivity contribution in [3.63, 3.8) is 0 Å². The standard InChI is InChI=1S/C31H28N6O2/c1-5-22-11-13-23(14-12-22)21(4)34-26-15-10-20(3)28(17-26)30(39)36-27-18-32-31(33-19-27)37-25-9-7-8-24(16-25)35-29(38)6-2/h5-19H,1-2H2,3-4H3,(H,35,38)(H,36,39)(H,32,33,37). The third-order valence-electron chi connectivity index (χ3n) is 5.81. The number of carbonyl (C=O) groups is 2. The van der Waals surface area contributed by atoms with E-state index >= 15 is 0 Å². The van der Waals surface area contributed by atoms with Crippen LogP contribution in [0.3, 0.4) is 0 Å². The molecule has 0 aliphatic heterocycles. The number of nitrogens with one attached hydrogen (secondary N) is 3. The third kappa shape index (κ3) is 7.11. The maximum atomic E-state index is 13.1. The molecule has 39 heavy (non-hydrogen) atoms. The minimum absolute atomic E-state index is 0.285. The van der Waals surface area contributed by atoms with Crippen molar-refractivity contribution in [2.24, 2.45) is 4.99 Å². The first-order valence-corrected chi connectivity index (χ1v) is 12.2. The molecule has 0 unspecified atom stereocenters. The highest BCUT2D eigenvalue weighted by Crippen LogP contribution is 2.22. The quantitative estimate of drug-likeness (QED) is 0.170. The van der Waals surface area contributed by atoms with Crippen molar-refractivity contribution >= 4 is 52.3 Å². The van der Waals surface area contributed by atoms with Gasteiger partial charge in [-0.05, 0) is 66.9 Å². The van der Waals surface area contributed by atoms with Crippen molar-refractivity contribution in [2.45, 2.75) is 13.8 Å². The fourth-order valence-corrected chi connectivity index (χ4v) is 3.70. The first-order valence-electron chi connectivity index (χ1n) is 12.2. The molecule has 194 valence electrons. The molecule has 2 amide bonds. The average molecular weight is 517 g/mol. The largest absolute Gasteiger partial charge is 0.324 e. The molecule has 0 saturated heterocycles. The second-order valence-corrected chi connectivity index (χ2v) is 8.67. The van der Waals surface area contributed by atoms with Gasteiger partial charge in [0.25, 0.3) is 5.91 Å². The Labute approximate surface area is 227 Å². The number of anilines is 4. The molecular formula is C31H28N6O2. The third-order valence-corrected chi connectivity index (χ3v) is 5.81. The number of amides is 2. The van der Waals surface area contributed by atoms with Gasteiger partial charge in [0.1, 0.15) is 0 Å². The highest BCUT2D eigenvalue weighted by Gasteiger charge is 2.12. The maximum Gasteiger partial charge on any atom is 0.256 e. The van der Waals surface area contributed by atoms with Crippen molar-refractivity contribution in [1.82, 2.24) is 9.97 Å². The Balaban J connectivity index is 1.44. The number of carbonyl (C=O) groups excluding carboxylic acids is 2. The predicted molar refractivity (Wildman–Crippen MR) is 158 cm³/mol. The van der Waals surface area contributed by atoms with Crippen LogP contribution in [0.2, 0.25) is 0 Å². The highest BCUT2D eigenvalue weighted by molar-refractivity contribution is 6.06. The Bertz CT molecular complexity index is 1560. The summed E-state index contributed by atoms with van der Waals surface area (Å²) in [5.74, 6) is -0.249. The van der Waals surface area contributed by atoms with Crippen LogP contribution in [-0.2, 0) is 4.79 Å². The topological polar surface area (TPSA) is 108 Å². The number of hydrogen-bond acceptors (Lipinski definition) is 6. The van der Waals surface area contributed by atoms with E-state index < -0.39 is 0 Å². The summed E-state index contributed by atoms with van der Waals surface area (Å²) in [5, 5.41) is 8.62. The van der Waals surface area contributed by atoms with Crippen molar-refractivity contribution in [3.8, 4) is 0 Å². The molecule has 0 spiro atoms. The molecule has 0 saturated carbocycles. The molecule has 4 aromatic rings. The van der Waals surface area contributed by atoms with Crippen LogP contribution in [0.15, 0.2) is 103 Å². The smallest absolute Gasteiger partial charge is 0.256 e. The Hall–Kier alpha value is -5.37. The van der Waals surface area contributed by atoms with E-state index in [1.165, 1.54) is 18.5 Å². The molecule has 4 rings (SSSR count). The maximum absolute atomic E-state index is 13.1. The van der Waals surface area contributed by atoms with Gasteiger partial charge >= 0.3 is 0 Å². The molecule has 0 aliphatic carbocycles. The number of aromatic nitrogens is 2. The Morgan fingerprint density at radius 3 is 2.28 bits per heavy atom. The van der Waals surface area contributed by atoms with Crippen LogP contribution in [0.1, 0.15) is 34.0 Å². The molecule has 1 heterocycles. The van der Waals surface area contributed by atoms with Gasteiger partial charge in [-0.2, -0.15) is 0 Å². The van der Waals surface area contributed by atoms with E-state index in [-0.39, 0.29) is 11.8 Å². The lowest BCUT2D eigenvalue weighted by Gasteiger charge is -2.10. The average Bonchev–Trinajstić information content (AvgIpc) is 2.95. The molecule has 1 aromatic heterocycles. The molecule has 3 N–H and O–H groups in total. The molecule has 8 heteroatoms. The summed E-state index contributed by atoms with van der Waals surface area (Å²) in [6.45, 7) is 11.0. The van der Waals surface area contributed by atoms with Gasteiger partial charge in [-0.25, -0.2) is 9.97 Å². The summed E-state index contributed by atoms with van der Waals surface area (Å²) in [5.41, 5.74) is 6.62. The Morgan fingerprint density at radius 1 is 0.872 bits per heavy atom. The van der Waals surface area contributed by atoms with Gasteiger partial charge in [-0.1, -0.05) is 55.6 Å². The summed E-state index contributed by atoms with van der Waals surface area (Å²) in [7, 11) is 0. The molecular weight excluding hydrogens is 488 g/mol. The molecule has 0 radical (unpaired) electrons. The first kappa shape index (κ1) is 26.7. The summed E-state index contributed by atoms with van der Waals surface area (Å²) in [6, 6.07) is 20.6. The zero-order valence-corrected chi connectivity index (χ0v) is 21.7. The van der Waals surface area contributed by atoms with E-state index in [9.17, 15) is 9.59 Å². The zero-order valence-electron chi connectivity index (χ0n) is 21.7. The Kier molecular flexibility index (Phi) is 8.38. The molecule has 0 aliphatic rings. The monoisotopic (exact) mass is 516 g/mol. The lowest BCUT2D eigenvalue weighted by molar-refractivity contribution is -0.111. The van der Waals surface area contributed by atoms with Gasteiger partial charge < -0.3 is 16.0 Å². The van der Waals surface area contributed by atoms with E-state index in [2.05, 4.69) is 39.1 Å². The van der Waals surface area contributed by atoms with Gasteiger partial charge in [0.2, 0.25) is 11.9 Å². The predicted octanol–water partition coefficient (Wildman–Crippen LogP) is 6.69. The number of aliphatic imine (C=N–C) groups is 1. The molecule has 0 fully saturated rings. The van der Waals surface area contributed by atoms with Crippen LogP contribution >= 0.6 is 0 Å². The van der Waals surface area contributed by atoms with Crippen LogP contribution in [0.4, 0.5) is 28.7 Å². The van der Waals surface area contributed by atoms with Gasteiger partial charge in [0.15, 0.2) is 0 Å². The number of aryl methyl sites for hydroxylation is 1. The van der Waals surface area contributed by atoms with Crippen molar-refractivity contribution in [3.05, 3.63) is 121 Å². The molecule has 8 nitrogen and oxygen atoms in total. The molecule has 0 atom stereocenters. The molecule has 3 aromatic carbocycles. The fraction of sp³-hybridized carbons (Fsp3) is 0.0645. The Morgan fingerprint density at radius 2 is 1.59 bits per heavy atom. The highest BCUT2D eigenvalue weighted by atomic mass is 16.2. The fourth-order valence-electron chi connectivity index (χ4n) is 3.70. The van der Waals surface area contributed by atoms with E-state index in [1.54, 1.807) is 30.3 Å². The van der Waals surface area contributed by atoms with Crippen molar-refractivity contribution in [1.29, 1.82) is 0 Å². The number of nitrogens with zero attached hydrogens (tertiary/aromatic N) is 3. The second kappa shape index (κ2) is 12.2. The van der Waals surface area contributed by atoms with E-state index in [0.717, 1.165) is 22.4 Å². The number of rotatable bonds is 9. The van der Waals surface area contributed by atoms with E-state index in [0.29, 0.717) is 34.3 Å². The van der Waals surface area contributed by atoms with Crippen LogP contribution in [0.5, 0.6) is 0 Å². The van der Waals surface area contributed by atoms with E-state index in [4.69, 9.17) is 4.99 Å². The summed E-state index contributed by atoms with van der Waals surface area (Å²) >= 11 is 0. The van der Waals surface area contributed by atoms with Crippen LogP contribution in [0, 0.1) is 6.92 Å². The SMILES string of the molecule is C=CC(=O)Nc1cccc(Nc2ncc(NC(=O)c3cc(N=C(C)c4ccc(C=C)cc4)ccc3C)cn2)c1. The minimum Gasteiger partial charge on any atom is -0.324 e. The number of benzene rings is 3. The van der Waals surface area contributed by atoms with E-state index in [1.807, 2.05) is 56.3 Å². The zero-order chi connectivity index (χ0) is 27.8. The molecule has 0 bridgehead atoms. The first-order chi connectivity index (χ1) is 18.8. The summed E-state index contributed by atoms with van der Waals surface area (Å²) in [6.07, 6.45) is 6.03. The van der Waals surface area contributed by atoms with Gasteiger partial charge in [0.05, 0.1) is 23.8 Å². The van der Waals surface area contributed by atoms with Crippen molar-refractivity contribution < 1.29 is 9.59 Å². The van der Waals surface area contributed by atoms with Crippen LogP contribution < -0.4 is 16.0 Å². The lowest BCUT2D eigenvalue weighted by atomic mass is 10.1. The van der Waals surface area contributed by atoms with Crippen LogP contribution in [-0.4, -0.2) is 27.5 Å². The van der Waals surface area contributed by atoms with Crippen LogP contribution in [0.25, 0.3) is 6.08 Å². The lowest BCUT2D eigenvalue weighted by Crippen LogP contribution is -2.14. The minimum atomic E-state index is -0.301. The van der Waals surface area contributed by atoms with Gasteiger partial charge in [0, 0.05) is 22.6 Å². The normalized spacial score (nSPS) is 10.9. The van der Waals surface area contributed by atoms with Gasteiger partial charge in [-0.15, -0.1) is 0 Å². The van der Waals surface area contributed by atoms with Gasteiger partial charge in [-0.3, -0.25) is 14.6 Å². The van der Waals surface area contributed by atoms with Crippen molar-refractivity contribution in [2.75, 3.05) is 16.0 Å². The summed E-state index contributed by atoms with van der Waals surface area (Å²) in [4.78, 5) is 37.9. The second-order valence-electron chi connectivity index (χ2n) is 8.67.